The third-order valence-corrected chi connectivity index (χ3v) is 10.9. The van der Waals surface area contributed by atoms with Gasteiger partial charge >= 0.3 is 0 Å². The van der Waals surface area contributed by atoms with E-state index in [1.54, 1.807) is 11.3 Å². The Morgan fingerprint density at radius 3 is 1.67 bits per heavy atom. The molecule has 0 atom stereocenters. The summed E-state index contributed by atoms with van der Waals surface area (Å²) in [5.41, 5.74) is 7.56. The highest BCUT2D eigenvalue weighted by atomic mass is 32.1. The van der Waals surface area contributed by atoms with Gasteiger partial charge < -0.3 is 0 Å². The Morgan fingerprint density at radius 1 is 0.314 bits per heavy atom. The van der Waals surface area contributed by atoms with E-state index in [-0.39, 0.29) is 0 Å². The van der Waals surface area contributed by atoms with E-state index in [1.165, 1.54) is 36.5 Å². The van der Waals surface area contributed by atoms with Gasteiger partial charge in [-0.3, -0.25) is 0 Å². The molecule has 0 fully saturated rings. The predicted octanol–water partition coefficient (Wildman–Crippen LogP) is 12.9. The van der Waals surface area contributed by atoms with Crippen molar-refractivity contribution in [2.75, 3.05) is 0 Å². The van der Waals surface area contributed by atoms with Gasteiger partial charge in [0.2, 0.25) is 0 Å². The Balaban J connectivity index is 1.22. The highest BCUT2D eigenvalue weighted by Crippen LogP contribution is 2.41. The molecule has 0 unspecified atom stereocenters. The Bertz CT molecular complexity index is 2900. The number of rotatable bonds is 5. The third-order valence-electron chi connectivity index (χ3n) is 9.74. The van der Waals surface area contributed by atoms with Crippen molar-refractivity contribution < 1.29 is 0 Å². The first-order chi connectivity index (χ1) is 25.3. The highest BCUT2D eigenvalue weighted by Gasteiger charge is 2.19. The molecule has 0 amide bonds. The summed E-state index contributed by atoms with van der Waals surface area (Å²) in [6.07, 6.45) is 0. The zero-order valence-corrected chi connectivity index (χ0v) is 28.3. The third kappa shape index (κ3) is 5.16. The van der Waals surface area contributed by atoms with Crippen molar-refractivity contribution in [2.24, 2.45) is 0 Å². The highest BCUT2D eigenvalue weighted by molar-refractivity contribution is 7.25. The molecular weight excluding hydrogens is 639 g/mol. The van der Waals surface area contributed by atoms with Crippen LogP contribution in [0.3, 0.4) is 0 Å². The molecule has 4 heteroatoms. The molecular formula is C47H29N3S. The van der Waals surface area contributed by atoms with E-state index in [9.17, 15) is 0 Å². The topological polar surface area (TPSA) is 38.7 Å². The first-order valence-corrected chi connectivity index (χ1v) is 17.9. The van der Waals surface area contributed by atoms with E-state index in [4.69, 9.17) is 15.0 Å². The van der Waals surface area contributed by atoms with E-state index in [0.29, 0.717) is 17.5 Å². The molecule has 10 aromatic rings. The summed E-state index contributed by atoms with van der Waals surface area (Å²) in [5, 5.41) is 7.09. The van der Waals surface area contributed by atoms with Gasteiger partial charge in [-0.1, -0.05) is 158 Å². The van der Waals surface area contributed by atoms with Gasteiger partial charge in [0.05, 0.1) is 0 Å². The summed E-state index contributed by atoms with van der Waals surface area (Å²) in [5.74, 6) is 1.96. The molecule has 51 heavy (non-hydrogen) atoms. The summed E-state index contributed by atoms with van der Waals surface area (Å²) < 4.78 is 2.47. The summed E-state index contributed by atoms with van der Waals surface area (Å²) in [6, 6.07) is 62.2. The lowest BCUT2D eigenvalue weighted by atomic mass is 9.93. The second-order valence-electron chi connectivity index (χ2n) is 12.8. The second-order valence-corrected chi connectivity index (χ2v) is 13.9. The van der Waals surface area contributed by atoms with Crippen LogP contribution in [0.25, 0.3) is 98.1 Å². The largest absolute Gasteiger partial charge is 0.208 e. The Kier molecular flexibility index (Phi) is 7.00. The molecule has 0 N–H and O–H groups in total. The number of hydrogen-bond donors (Lipinski definition) is 0. The van der Waals surface area contributed by atoms with Gasteiger partial charge in [0, 0.05) is 42.2 Å². The summed E-state index contributed by atoms with van der Waals surface area (Å²) in [6.45, 7) is 0. The molecule has 0 radical (unpaired) electrons. The number of thiophene rings is 1. The Labute approximate surface area is 299 Å². The Hall–Kier alpha value is -6.49. The van der Waals surface area contributed by atoms with Gasteiger partial charge in [-0.05, 0) is 56.6 Å². The molecule has 0 bridgehead atoms. The minimum absolute atomic E-state index is 0.645. The maximum atomic E-state index is 5.32. The lowest BCUT2D eigenvalue weighted by molar-refractivity contribution is 1.08. The monoisotopic (exact) mass is 667 g/mol. The van der Waals surface area contributed by atoms with Gasteiger partial charge in [0.15, 0.2) is 17.5 Å². The molecule has 2 aromatic heterocycles. The van der Waals surface area contributed by atoms with Crippen LogP contribution in [-0.2, 0) is 0 Å². The maximum absolute atomic E-state index is 5.32. The first kappa shape index (κ1) is 29.4. The second kappa shape index (κ2) is 12.1. The quantitative estimate of drug-likeness (QED) is 0.183. The fraction of sp³-hybridized carbons (Fsp3) is 0. The molecule has 8 aromatic carbocycles. The lowest BCUT2D eigenvalue weighted by Crippen LogP contribution is -2.01. The number of nitrogens with zero attached hydrogens (tertiary/aromatic N) is 3. The molecule has 238 valence electrons. The molecule has 3 nitrogen and oxygen atoms in total. The minimum Gasteiger partial charge on any atom is -0.208 e. The zero-order chi connectivity index (χ0) is 33.7. The fourth-order valence-corrected chi connectivity index (χ4v) is 8.41. The lowest BCUT2D eigenvalue weighted by Gasteiger charge is -2.14. The van der Waals surface area contributed by atoms with Crippen LogP contribution in [0.2, 0.25) is 0 Å². The SMILES string of the molecule is c1ccc(-c2ccc(-c3nc(-c4cccc5cccc(-c6ccc7ccccc7c6)c45)nc(-c4cccc5sc6ccccc6c45)n3)cc2)cc1. The van der Waals surface area contributed by atoms with Crippen LogP contribution >= 0.6 is 11.3 Å². The first-order valence-electron chi connectivity index (χ1n) is 17.1. The van der Waals surface area contributed by atoms with E-state index < -0.39 is 0 Å². The van der Waals surface area contributed by atoms with Crippen molar-refractivity contribution >= 4 is 53.1 Å². The van der Waals surface area contributed by atoms with Crippen LogP contribution in [0.15, 0.2) is 176 Å². The van der Waals surface area contributed by atoms with Crippen molar-refractivity contribution in [1.29, 1.82) is 0 Å². The van der Waals surface area contributed by atoms with Crippen LogP contribution in [-0.4, -0.2) is 15.0 Å². The van der Waals surface area contributed by atoms with Gasteiger partial charge in [0.1, 0.15) is 0 Å². The number of fused-ring (bicyclic) bond motifs is 5. The minimum atomic E-state index is 0.645. The van der Waals surface area contributed by atoms with Crippen LogP contribution in [0.4, 0.5) is 0 Å². The van der Waals surface area contributed by atoms with Crippen LogP contribution in [0.5, 0.6) is 0 Å². The molecule has 10 rings (SSSR count). The molecule has 0 saturated heterocycles. The number of hydrogen-bond acceptors (Lipinski definition) is 4. The summed E-state index contributed by atoms with van der Waals surface area (Å²) in [7, 11) is 0. The van der Waals surface area contributed by atoms with Gasteiger partial charge in [-0.25, -0.2) is 15.0 Å². The van der Waals surface area contributed by atoms with Crippen LogP contribution < -0.4 is 0 Å². The van der Waals surface area contributed by atoms with Gasteiger partial charge in [-0.15, -0.1) is 11.3 Å². The Morgan fingerprint density at radius 2 is 0.863 bits per heavy atom. The van der Waals surface area contributed by atoms with E-state index >= 15 is 0 Å². The van der Waals surface area contributed by atoms with E-state index in [1.807, 2.05) is 6.07 Å². The summed E-state index contributed by atoms with van der Waals surface area (Å²) in [4.78, 5) is 15.8. The predicted molar refractivity (Wildman–Crippen MR) is 215 cm³/mol. The molecule has 0 aliphatic carbocycles. The van der Waals surface area contributed by atoms with Crippen molar-refractivity contribution in [3.8, 4) is 56.4 Å². The average molecular weight is 668 g/mol. The van der Waals surface area contributed by atoms with Gasteiger partial charge in [-0.2, -0.15) is 0 Å². The normalized spacial score (nSPS) is 11.5. The van der Waals surface area contributed by atoms with E-state index in [2.05, 4.69) is 170 Å². The van der Waals surface area contributed by atoms with Crippen molar-refractivity contribution in [3.05, 3.63) is 176 Å². The molecule has 0 spiro atoms. The smallest absolute Gasteiger partial charge is 0.164 e. The van der Waals surface area contributed by atoms with Crippen molar-refractivity contribution in [2.45, 2.75) is 0 Å². The standard InChI is InChI=1S/C47H29N3S/c1-2-11-30(12-3-1)32-23-26-34(27-24-32)45-48-46(50-47(49-45)40-20-10-22-42-44(40)38-17-6-7-21-41(38)51-42)39-19-9-16-33-15-8-18-37(43(33)39)36-28-25-31-13-4-5-14-35(31)29-36/h1-29H. The van der Waals surface area contributed by atoms with Gasteiger partial charge in [0.25, 0.3) is 0 Å². The molecule has 0 aliphatic rings. The van der Waals surface area contributed by atoms with Crippen LogP contribution in [0.1, 0.15) is 0 Å². The van der Waals surface area contributed by atoms with Crippen LogP contribution in [0, 0.1) is 0 Å². The number of aromatic nitrogens is 3. The molecule has 2 heterocycles. The average Bonchev–Trinajstić information content (AvgIpc) is 3.59. The van der Waals surface area contributed by atoms with E-state index in [0.717, 1.165) is 44.2 Å². The van der Waals surface area contributed by atoms with Crippen molar-refractivity contribution in [3.63, 3.8) is 0 Å². The summed E-state index contributed by atoms with van der Waals surface area (Å²) >= 11 is 1.80. The fourth-order valence-electron chi connectivity index (χ4n) is 7.27. The zero-order valence-electron chi connectivity index (χ0n) is 27.5. The number of benzene rings is 8. The molecule has 0 aliphatic heterocycles. The molecule has 0 saturated carbocycles. The van der Waals surface area contributed by atoms with Crippen molar-refractivity contribution in [1.82, 2.24) is 15.0 Å². The maximum Gasteiger partial charge on any atom is 0.164 e.